The highest BCUT2D eigenvalue weighted by Gasteiger charge is 2.28. The number of hydrogen-bond donors (Lipinski definition) is 1. The maximum atomic E-state index is 12.9. The van der Waals surface area contributed by atoms with Gasteiger partial charge in [0.15, 0.2) is 9.84 Å². The van der Waals surface area contributed by atoms with E-state index >= 15 is 0 Å². The molecule has 1 fully saturated rings. The van der Waals surface area contributed by atoms with Gasteiger partial charge in [0.25, 0.3) is 0 Å². The summed E-state index contributed by atoms with van der Waals surface area (Å²) in [5, 5.41) is 0. The number of sulfonamides is 1. The molecule has 0 saturated carbocycles. The lowest BCUT2D eigenvalue weighted by Crippen LogP contribution is -2.37. The fourth-order valence-electron chi connectivity index (χ4n) is 3.43. The van der Waals surface area contributed by atoms with Crippen molar-refractivity contribution >= 4 is 19.9 Å². The molecule has 1 saturated heterocycles. The molecule has 1 aliphatic rings. The summed E-state index contributed by atoms with van der Waals surface area (Å²) in [6, 6.07) is 15.4. The third-order valence-corrected chi connectivity index (χ3v) is 7.54. The fourth-order valence-corrected chi connectivity index (χ4v) is 6.10. The topological polar surface area (TPSA) is 83.5 Å². The molecule has 0 aromatic heterocycles. The Morgan fingerprint density at radius 1 is 0.889 bits per heavy atom. The van der Waals surface area contributed by atoms with Crippen molar-refractivity contribution in [2.24, 2.45) is 0 Å². The minimum Gasteiger partial charge on any atom is -0.295 e. The molecule has 2 aromatic rings. The second-order valence-corrected chi connectivity index (χ2v) is 10.5. The minimum absolute atomic E-state index is 0.0890. The second-order valence-electron chi connectivity index (χ2n) is 6.74. The van der Waals surface area contributed by atoms with E-state index < -0.39 is 19.9 Å². The van der Waals surface area contributed by atoms with Crippen LogP contribution < -0.4 is 4.72 Å². The van der Waals surface area contributed by atoms with Crippen LogP contribution in [0, 0.1) is 0 Å². The van der Waals surface area contributed by atoms with E-state index in [1.165, 1.54) is 24.3 Å². The minimum atomic E-state index is -3.96. The van der Waals surface area contributed by atoms with E-state index in [9.17, 15) is 16.8 Å². The lowest BCUT2D eigenvalue weighted by molar-refractivity contribution is 0.246. The third kappa shape index (κ3) is 4.76. The van der Waals surface area contributed by atoms with E-state index in [1.54, 1.807) is 0 Å². The summed E-state index contributed by atoms with van der Waals surface area (Å²) in [7, 11) is -7.62. The first-order valence-electron chi connectivity index (χ1n) is 8.87. The van der Waals surface area contributed by atoms with E-state index in [0.29, 0.717) is 0 Å². The van der Waals surface area contributed by atoms with Gasteiger partial charge in [-0.15, -0.1) is 0 Å². The molecule has 0 radical (unpaired) electrons. The van der Waals surface area contributed by atoms with Gasteiger partial charge in [-0.2, -0.15) is 0 Å². The van der Waals surface area contributed by atoms with Crippen LogP contribution in [0.4, 0.5) is 0 Å². The number of rotatable bonds is 7. The van der Waals surface area contributed by atoms with Gasteiger partial charge in [0.2, 0.25) is 10.0 Å². The van der Waals surface area contributed by atoms with Crippen molar-refractivity contribution in [3.05, 3.63) is 60.2 Å². The molecule has 1 heterocycles. The first-order valence-corrected chi connectivity index (χ1v) is 12.2. The van der Waals surface area contributed by atoms with Crippen molar-refractivity contribution in [2.45, 2.75) is 28.7 Å². The summed E-state index contributed by atoms with van der Waals surface area (Å²) >= 11 is 0. The molecular formula is C19H24N2O4S2. The van der Waals surface area contributed by atoms with Gasteiger partial charge in [0, 0.05) is 18.8 Å². The summed E-state index contributed by atoms with van der Waals surface area (Å²) in [6.07, 6.45) is 3.19. The van der Waals surface area contributed by atoms with Gasteiger partial charge < -0.3 is 0 Å². The highest BCUT2D eigenvalue weighted by atomic mass is 32.2. The van der Waals surface area contributed by atoms with Crippen LogP contribution in [-0.2, 0) is 19.9 Å². The standard InChI is InChI=1S/C19H24N2O4S2/c1-26(22,23)18-11-5-6-12-19(18)27(24,25)20-15-17(21-13-7-8-14-21)16-9-3-2-4-10-16/h2-6,9-12,17,20H,7-8,13-15H2,1H3. The normalized spacial score (nSPS) is 17.1. The molecule has 8 heteroatoms. The van der Waals surface area contributed by atoms with Gasteiger partial charge >= 0.3 is 0 Å². The van der Waals surface area contributed by atoms with Crippen LogP contribution >= 0.6 is 0 Å². The first kappa shape index (κ1) is 20.0. The van der Waals surface area contributed by atoms with Crippen molar-refractivity contribution in [3.63, 3.8) is 0 Å². The summed E-state index contributed by atoms with van der Waals surface area (Å²) in [5.74, 6) is 0. The van der Waals surface area contributed by atoms with Gasteiger partial charge in [-0.25, -0.2) is 21.6 Å². The predicted molar refractivity (Wildman–Crippen MR) is 105 cm³/mol. The van der Waals surface area contributed by atoms with E-state index in [0.717, 1.165) is 37.8 Å². The van der Waals surface area contributed by atoms with Crippen molar-refractivity contribution in [2.75, 3.05) is 25.9 Å². The Hall–Kier alpha value is -1.74. The molecule has 0 amide bonds. The Kier molecular flexibility index (Phi) is 6.00. The summed E-state index contributed by atoms with van der Waals surface area (Å²) in [6.45, 7) is 2.02. The lowest BCUT2D eigenvalue weighted by Gasteiger charge is -2.28. The molecule has 1 N–H and O–H groups in total. The number of sulfone groups is 1. The van der Waals surface area contributed by atoms with Crippen molar-refractivity contribution in [3.8, 4) is 0 Å². The zero-order chi connectivity index (χ0) is 19.5. The van der Waals surface area contributed by atoms with Gasteiger partial charge in [0.05, 0.1) is 4.90 Å². The van der Waals surface area contributed by atoms with Crippen LogP contribution in [0.15, 0.2) is 64.4 Å². The first-order chi connectivity index (χ1) is 12.8. The number of hydrogen-bond acceptors (Lipinski definition) is 5. The van der Waals surface area contributed by atoms with Gasteiger partial charge in [-0.05, 0) is 43.6 Å². The molecule has 0 aliphatic carbocycles. The summed E-state index contributed by atoms with van der Waals surface area (Å²) in [4.78, 5) is 1.87. The number of likely N-dealkylation sites (tertiary alicyclic amines) is 1. The van der Waals surface area contributed by atoms with Crippen LogP contribution in [-0.4, -0.2) is 47.6 Å². The van der Waals surface area contributed by atoms with E-state index in [4.69, 9.17) is 0 Å². The Morgan fingerprint density at radius 3 is 2.04 bits per heavy atom. The van der Waals surface area contributed by atoms with Crippen LogP contribution in [0.3, 0.4) is 0 Å². The molecule has 1 atom stereocenters. The third-order valence-electron chi connectivity index (χ3n) is 4.77. The molecule has 6 nitrogen and oxygen atoms in total. The largest absolute Gasteiger partial charge is 0.295 e. The summed E-state index contributed by atoms with van der Waals surface area (Å²) in [5.41, 5.74) is 1.04. The molecule has 1 aliphatic heterocycles. The second kappa shape index (κ2) is 8.10. The Labute approximate surface area is 161 Å². The smallest absolute Gasteiger partial charge is 0.241 e. The van der Waals surface area contributed by atoms with Crippen molar-refractivity contribution < 1.29 is 16.8 Å². The maximum absolute atomic E-state index is 12.9. The van der Waals surface area contributed by atoms with Crippen LogP contribution in [0.1, 0.15) is 24.4 Å². The van der Waals surface area contributed by atoms with Crippen LogP contribution in [0.2, 0.25) is 0 Å². The molecule has 0 bridgehead atoms. The van der Waals surface area contributed by atoms with Crippen LogP contribution in [0.5, 0.6) is 0 Å². The molecular weight excluding hydrogens is 384 g/mol. The number of nitrogens with zero attached hydrogens (tertiary/aromatic N) is 1. The Morgan fingerprint density at radius 2 is 1.44 bits per heavy atom. The van der Waals surface area contributed by atoms with E-state index in [2.05, 4.69) is 9.62 Å². The molecule has 27 heavy (non-hydrogen) atoms. The van der Waals surface area contributed by atoms with Gasteiger partial charge in [-0.3, -0.25) is 4.90 Å². The quantitative estimate of drug-likeness (QED) is 0.759. The average Bonchev–Trinajstić information content (AvgIpc) is 3.16. The lowest BCUT2D eigenvalue weighted by atomic mass is 10.1. The van der Waals surface area contributed by atoms with E-state index in [-0.39, 0.29) is 22.4 Å². The van der Waals surface area contributed by atoms with Gasteiger partial charge in [-0.1, -0.05) is 42.5 Å². The van der Waals surface area contributed by atoms with Crippen LogP contribution in [0.25, 0.3) is 0 Å². The monoisotopic (exact) mass is 408 g/mol. The molecule has 1 unspecified atom stereocenters. The molecule has 146 valence electrons. The Balaban J connectivity index is 1.87. The zero-order valence-corrected chi connectivity index (χ0v) is 16.8. The SMILES string of the molecule is CS(=O)(=O)c1ccccc1S(=O)(=O)NCC(c1ccccc1)N1CCCC1. The molecule has 0 spiro atoms. The average molecular weight is 409 g/mol. The van der Waals surface area contributed by atoms with E-state index in [1.807, 2.05) is 30.3 Å². The van der Waals surface area contributed by atoms with Crippen molar-refractivity contribution in [1.29, 1.82) is 0 Å². The maximum Gasteiger partial charge on any atom is 0.241 e. The summed E-state index contributed by atoms with van der Waals surface area (Å²) < 4.78 is 52.3. The van der Waals surface area contributed by atoms with Gasteiger partial charge in [0.1, 0.15) is 4.90 Å². The molecule has 2 aromatic carbocycles. The zero-order valence-electron chi connectivity index (χ0n) is 15.2. The fraction of sp³-hybridized carbons (Fsp3) is 0.368. The highest BCUT2D eigenvalue weighted by molar-refractivity contribution is 7.93. The molecule has 3 rings (SSSR count). The Bertz CT molecular complexity index is 983. The number of nitrogens with one attached hydrogen (secondary N) is 1. The predicted octanol–water partition coefficient (Wildman–Crippen LogP) is 2.21. The highest BCUT2D eigenvalue weighted by Crippen LogP contribution is 2.26. The van der Waals surface area contributed by atoms with Crippen molar-refractivity contribution in [1.82, 2.24) is 9.62 Å². The number of benzene rings is 2.